The molecule has 0 aliphatic heterocycles. The van der Waals surface area contributed by atoms with Crippen LogP contribution in [0, 0.1) is 0 Å². The normalized spacial score (nSPS) is 10.1. The van der Waals surface area contributed by atoms with Crippen molar-refractivity contribution < 1.29 is 9.90 Å². The zero-order valence-corrected chi connectivity index (χ0v) is 9.07. The summed E-state index contributed by atoms with van der Waals surface area (Å²) in [5, 5.41) is 11.5. The number of carbonyl (C=O) groups is 1. The van der Waals surface area contributed by atoms with Gasteiger partial charge in [-0.2, -0.15) is 0 Å². The topological polar surface area (TPSA) is 40.1 Å². The highest BCUT2D eigenvalue weighted by atomic mass is 35.5. The Bertz CT molecular complexity index is 521. The van der Waals surface area contributed by atoms with Gasteiger partial charge in [-0.3, -0.25) is 0 Å². The first-order valence-electron chi connectivity index (χ1n) is 4.75. The predicted octanol–water partition coefficient (Wildman–Crippen LogP) is 2.37. The van der Waals surface area contributed by atoms with E-state index in [4.69, 9.17) is 11.6 Å². The number of rotatable bonds is 2. The molecular formula is C13H8ClO2-. The fourth-order valence-corrected chi connectivity index (χ4v) is 1.72. The van der Waals surface area contributed by atoms with E-state index in [-0.39, 0.29) is 5.56 Å². The minimum absolute atomic E-state index is 0.149. The highest BCUT2D eigenvalue weighted by Crippen LogP contribution is 2.26. The van der Waals surface area contributed by atoms with E-state index in [2.05, 4.69) is 0 Å². The van der Waals surface area contributed by atoms with E-state index in [1.807, 2.05) is 30.3 Å². The maximum Gasteiger partial charge on any atom is 0.0721 e. The number of hydrogen-bond donors (Lipinski definition) is 0. The van der Waals surface area contributed by atoms with Crippen LogP contribution >= 0.6 is 11.6 Å². The molecule has 2 aromatic carbocycles. The summed E-state index contributed by atoms with van der Waals surface area (Å²) in [6.45, 7) is 0. The van der Waals surface area contributed by atoms with Crippen molar-refractivity contribution in [3.8, 4) is 11.1 Å². The molecule has 3 heteroatoms. The van der Waals surface area contributed by atoms with Crippen LogP contribution < -0.4 is 5.11 Å². The van der Waals surface area contributed by atoms with Crippen molar-refractivity contribution in [3.63, 3.8) is 0 Å². The molecule has 0 aromatic heterocycles. The van der Waals surface area contributed by atoms with Gasteiger partial charge in [-0.05, 0) is 23.3 Å². The van der Waals surface area contributed by atoms with Crippen LogP contribution in [0.2, 0.25) is 5.02 Å². The number of carbonyl (C=O) groups excluding carboxylic acids is 1. The molecule has 0 N–H and O–H groups in total. The second-order valence-corrected chi connectivity index (χ2v) is 3.78. The lowest BCUT2D eigenvalue weighted by molar-refractivity contribution is -0.254. The summed E-state index contributed by atoms with van der Waals surface area (Å²) >= 11 is 5.86. The number of hydrogen-bond acceptors (Lipinski definition) is 2. The Labute approximate surface area is 98.1 Å². The van der Waals surface area contributed by atoms with Crippen LogP contribution in [0.15, 0.2) is 48.5 Å². The molecule has 2 nitrogen and oxygen atoms in total. The maximum absolute atomic E-state index is 11.0. The molecule has 0 aliphatic rings. The molecule has 0 saturated heterocycles. The molecule has 2 rings (SSSR count). The number of benzene rings is 2. The number of aromatic carboxylic acids is 1. The van der Waals surface area contributed by atoms with Crippen LogP contribution in [0.25, 0.3) is 11.1 Å². The average molecular weight is 232 g/mol. The fraction of sp³-hybridized carbons (Fsp3) is 0. The first-order chi connectivity index (χ1) is 7.68. The van der Waals surface area contributed by atoms with E-state index < -0.39 is 5.97 Å². The van der Waals surface area contributed by atoms with Gasteiger partial charge in [0.05, 0.1) is 5.97 Å². The zero-order chi connectivity index (χ0) is 11.5. The number of halogens is 1. The van der Waals surface area contributed by atoms with Crippen molar-refractivity contribution in [1.29, 1.82) is 0 Å². The minimum Gasteiger partial charge on any atom is -0.545 e. The van der Waals surface area contributed by atoms with Crippen molar-refractivity contribution in [2.45, 2.75) is 0 Å². The van der Waals surface area contributed by atoms with Gasteiger partial charge >= 0.3 is 0 Å². The average Bonchev–Trinajstić information content (AvgIpc) is 2.29. The van der Waals surface area contributed by atoms with Gasteiger partial charge in [-0.15, -0.1) is 0 Å². The molecule has 0 aliphatic carbocycles. The van der Waals surface area contributed by atoms with E-state index >= 15 is 0 Å². The summed E-state index contributed by atoms with van der Waals surface area (Å²) in [6.07, 6.45) is 0. The van der Waals surface area contributed by atoms with Crippen molar-refractivity contribution in [2.24, 2.45) is 0 Å². The molecule has 0 heterocycles. The molecule has 0 unspecified atom stereocenters. The third kappa shape index (κ3) is 2.07. The van der Waals surface area contributed by atoms with E-state index in [0.717, 1.165) is 5.56 Å². The van der Waals surface area contributed by atoms with Crippen molar-refractivity contribution in [3.05, 3.63) is 59.1 Å². The summed E-state index contributed by atoms with van der Waals surface area (Å²) < 4.78 is 0. The molecule has 0 fully saturated rings. The second kappa shape index (κ2) is 4.37. The molecule has 0 saturated carbocycles. The minimum atomic E-state index is -1.20. The Morgan fingerprint density at radius 2 is 1.75 bits per heavy atom. The van der Waals surface area contributed by atoms with Gasteiger partial charge in [-0.25, -0.2) is 0 Å². The fourth-order valence-electron chi connectivity index (χ4n) is 1.55. The smallest absolute Gasteiger partial charge is 0.0721 e. The Morgan fingerprint density at radius 1 is 1.06 bits per heavy atom. The lowest BCUT2D eigenvalue weighted by atomic mass is 10.00. The molecule has 2 aromatic rings. The number of carboxylic acid groups (broad SMARTS) is 1. The van der Waals surface area contributed by atoms with E-state index in [1.54, 1.807) is 12.1 Å². The first-order valence-corrected chi connectivity index (χ1v) is 5.12. The van der Waals surface area contributed by atoms with E-state index in [1.165, 1.54) is 6.07 Å². The van der Waals surface area contributed by atoms with Gasteiger partial charge in [0.25, 0.3) is 0 Å². The van der Waals surface area contributed by atoms with Crippen molar-refractivity contribution in [2.75, 3.05) is 0 Å². The van der Waals surface area contributed by atoms with Crippen molar-refractivity contribution in [1.82, 2.24) is 0 Å². The van der Waals surface area contributed by atoms with Gasteiger partial charge in [-0.1, -0.05) is 48.0 Å². The molecule has 80 valence electrons. The molecule has 0 radical (unpaired) electrons. The zero-order valence-electron chi connectivity index (χ0n) is 8.31. The summed E-state index contributed by atoms with van der Waals surface area (Å²) in [6, 6.07) is 13.8. The SMILES string of the molecule is O=C([O-])c1ccc(Cl)cc1-c1ccccc1. The quantitative estimate of drug-likeness (QED) is 0.796. The standard InChI is InChI=1S/C13H9ClO2/c14-10-6-7-11(13(15)16)12(8-10)9-4-2-1-3-5-9/h1-8H,(H,15,16)/p-1. The Kier molecular flexibility index (Phi) is 2.93. The van der Waals surface area contributed by atoms with Gasteiger partial charge in [0, 0.05) is 10.6 Å². The maximum atomic E-state index is 11.0. The third-order valence-electron chi connectivity index (χ3n) is 2.29. The van der Waals surface area contributed by atoms with Gasteiger partial charge in [0.15, 0.2) is 0 Å². The first kappa shape index (κ1) is 10.7. The van der Waals surface area contributed by atoms with Gasteiger partial charge in [0.2, 0.25) is 0 Å². The van der Waals surface area contributed by atoms with Crippen molar-refractivity contribution >= 4 is 17.6 Å². The summed E-state index contributed by atoms with van der Waals surface area (Å²) in [5.41, 5.74) is 1.54. The van der Waals surface area contributed by atoms with Gasteiger partial charge in [0.1, 0.15) is 0 Å². The highest BCUT2D eigenvalue weighted by molar-refractivity contribution is 6.31. The summed E-state index contributed by atoms with van der Waals surface area (Å²) in [7, 11) is 0. The second-order valence-electron chi connectivity index (χ2n) is 3.34. The summed E-state index contributed by atoms with van der Waals surface area (Å²) in [4.78, 5) is 11.0. The third-order valence-corrected chi connectivity index (χ3v) is 2.52. The van der Waals surface area contributed by atoms with Crippen LogP contribution in [-0.4, -0.2) is 5.97 Å². The molecule has 0 atom stereocenters. The van der Waals surface area contributed by atoms with Crippen LogP contribution in [0.5, 0.6) is 0 Å². The summed E-state index contributed by atoms with van der Waals surface area (Å²) in [5.74, 6) is -1.20. The predicted molar refractivity (Wildman–Crippen MR) is 61.2 cm³/mol. The molecule has 16 heavy (non-hydrogen) atoms. The molecule has 0 amide bonds. The van der Waals surface area contributed by atoms with Gasteiger partial charge < -0.3 is 9.90 Å². The highest BCUT2D eigenvalue weighted by Gasteiger charge is 2.06. The molecule has 0 spiro atoms. The van der Waals surface area contributed by atoms with E-state index in [0.29, 0.717) is 10.6 Å². The van der Waals surface area contributed by atoms with E-state index in [9.17, 15) is 9.90 Å². The largest absolute Gasteiger partial charge is 0.545 e. The Hall–Kier alpha value is -1.80. The lowest BCUT2D eigenvalue weighted by Gasteiger charge is -2.10. The molecule has 0 bridgehead atoms. The lowest BCUT2D eigenvalue weighted by Crippen LogP contribution is -2.22. The van der Waals surface area contributed by atoms with Crippen LogP contribution in [0.3, 0.4) is 0 Å². The van der Waals surface area contributed by atoms with Crippen LogP contribution in [-0.2, 0) is 0 Å². The van der Waals surface area contributed by atoms with Crippen LogP contribution in [0.1, 0.15) is 10.4 Å². The Morgan fingerprint density at radius 3 is 2.38 bits per heavy atom. The van der Waals surface area contributed by atoms with Crippen LogP contribution in [0.4, 0.5) is 0 Å². The Balaban J connectivity index is 2.63. The monoisotopic (exact) mass is 231 g/mol. The molecular weight excluding hydrogens is 224 g/mol. The number of carboxylic acids is 1.